The summed E-state index contributed by atoms with van der Waals surface area (Å²) in [5, 5.41) is 10.9. The van der Waals surface area contributed by atoms with E-state index in [1.165, 1.54) is 36.5 Å². The highest BCUT2D eigenvalue weighted by Gasteiger charge is 2.47. The summed E-state index contributed by atoms with van der Waals surface area (Å²) in [4.78, 5) is 26.9. The maximum absolute atomic E-state index is 14.7. The van der Waals surface area contributed by atoms with Crippen molar-refractivity contribution in [3.8, 4) is 5.75 Å². The highest BCUT2D eigenvalue weighted by molar-refractivity contribution is 6.46. The number of furan rings is 1. The Balaban J connectivity index is 1.87. The van der Waals surface area contributed by atoms with Gasteiger partial charge in [-0.2, -0.15) is 0 Å². The molecule has 2 heterocycles. The molecule has 0 radical (unpaired) electrons. The van der Waals surface area contributed by atoms with Crippen LogP contribution >= 0.6 is 0 Å². The number of carbonyl (C=O) groups excluding carboxylic acids is 2. The van der Waals surface area contributed by atoms with Crippen LogP contribution in [-0.4, -0.2) is 28.8 Å². The minimum absolute atomic E-state index is 0.0457. The van der Waals surface area contributed by atoms with Gasteiger partial charge < -0.3 is 19.2 Å². The number of likely N-dealkylation sites (tertiary alicyclic amines) is 1. The van der Waals surface area contributed by atoms with Crippen LogP contribution in [-0.2, 0) is 16.1 Å². The van der Waals surface area contributed by atoms with Crippen LogP contribution in [0.25, 0.3) is 5.76 Å². The summed E-state index contributed by atoms with van der Waals surface area (Å²) in [6, 6.07) is 14.4. The van der Waals surface area contributed by atoms with Crippen molar-refractivity contribution in [1.82, 2.24) is 4.90 Å². The molecule has 1 saturated heterocycles. The fourth-order valence-corrected chi connectivity index (χ4v) is 3.54. The molecule has 0 aliphatic carbocycles. The van der Waals surface area contributed by atoms with Crippen LogP contribution in [0.3, 0.4) is 0 Å². The molecule has 6 nitrogen and oxygen atoms in total. The molecule has 1 aliphatic heterocycles. The van der Waals surface area contributed by atoms with E-state index < -0.39 is 23.5 Å². The number of aliphatic hydroxyl groups is 1. The fraction of sp³-hybridized carbons (Fsp3) is 0.130. The zero-order chi connectivity index (χ0) is 21.3. The summed E-state index contributed by atoms with van der Waals surface area (Å²) in [7, 11) is 1.51. The number of benzene rings is 2. The molecule has 7 heteroatoms. The summed E-state index contributed by atoms with van der Waals surface area (Å²) in [6.07, 6.45) is 1.45. The maximum Gasteiger partial charge on any atom is 0.296 e. The van der Waals surface area contributed by atoms with Crippen LogP contribution in [0.4, 0.5) is 4.39 Å². The van der Waals surface area contributed by atoms with E-state index in [1.54, 1.807) is 42.5 Å². The van der Waals surface area contributed by atoms with Gasteiger partial charge in [0.05, 0.1) is 31.5 Å². The Bertz CT molecular complexity index is 1120. The number of methoxy groups -OCH3 is 1. The molecule has 0 bridgehead atoms. The number of amides is 1. The Morgan fingerprint density at radius 1 is 1.10 bits per heavy atom. The predicted octanol–water partition coefficient (Wildman–Crippen LogP) is 4.05. The number of nitrogens with zero attached hydrogens (tertiary/aromatic N) is 1. The molecule has 2 aromatic carbocycles. The second kappa shape index (κ2) is 7.87. The zero-order valence-corrected chi connectivity index (χ0v) is 16.0. The summed E-state index contributed by atoms with van der Waals surface area (Å²) in [5.41, 5.74) is 0.244. The van der Waals surface area contributed by atoms with Gasteiger partial charge in [-0.15, -0.1) is 0 Å². The monoisotopic (exact) mass is 407 g/mol. The number of ether oxygens (including phenoxy) is 1. The van der Waals surface area contributed by atoms with E-state index in [1.807, 2.05) is 0 Å². The molecule has 1 aliphatic rings. The molecule has 0 spiro atoms. The smallest absolute Gasteiger partial charge is 0.296 e. The minimum Gasteiger partial charge on any atom is -0.507 e. The Morgan fingerprint density at radius 3 is 2.47 bits per heavy atom. The van der Waals surface area contributed by atoms with E-state index in [2.05, 4.69) is 0 Å². The van der Waals surface area contributed by atoms with E-state index in [0.717, 1.165) is 0 Å². The molecule has 0 saturated carbocycles. The molecule has 1 aromatic heterocycles. The van der Waals surface area contributed by atoms with Crippen molar-refractivity contribution in [3.63, 3.8) is 0 Å². The standard InChI is InChI=1S/C23H18FNO5/c1-29-15-10-8-14(9-11-15)21(26)19-20(17-6-2-3-7-18(17)24)25(23(28)22(19)27)13-16-5-4-12-30-16/h2-12,20,26H,13H2,1H3/t20-/m0/s1. The second-order valence-electron chi connectivity index (χ2n) is 6.76. The molecule has 1 amide bonds. The van der Waals surface area contributed by atoms with Crippen LogP contribution in [0.15, 0.2) is 76.9 Å². The van der Waals surface area contributed by atoms with Gasteiger partial charge in [0.1, 0.15) is 23.1 Å². The molecular weight excluding hydrogens is 389 g/mol. The molecule has 3 aromatic rings. The molecular formula is C23H18FNO5. The van der Waals surface area contributed by atoms with Crippen molar-refractivity contribution in [1.29, 1.82) is 0 Å². The largest absolute Gasteiger partial charge is 0.507 e. The first-order valence-electron chi connectivity index (χ1n) is 9.21. The number of Topliss-reactive ketones (excluding diaryl/α,β-unsaturated/α-hetero) is 1. The van der Waals surface area contributed by atoms with Crippen LogP contribution in [0.5, 0.6) is 5.75 Å². The topological polar surface area (TPSA) is 80.0 Å². The molecule has 1 N–H and O–H groups in total. The molecule has 1 fully saturated rings. The lowest BCUT2D eigenvalue weighted by atomic mass is 9.95. The number of aliphatic hydroxyl groups excluding tert-OH is 1. The van der Waals surface area contributed by atoms with Gasteiger partial charge in [-0.3, -0.25) is 9.59 Å². The van der Waals surface area contributed by atoms with Gasteiger partial charge in [-0.1, -0.05) is 18.2 Å². The van der Waals surface area contributed by atoms with Crippen LogP contribution < -0.4 is 4.74 Å². The van der Waals surface area contributed by atoms with Gasteiger partial charge in [-0.25, -0.2) is 4.39 Å². The number of ketones is 1. The Morgan fingerprint density at radius 2 is 1.83 bits per heavy atom. The van der Waals surface area contributed by atoms with Crippen molar-refractivity contribution in [2.45, 2.75) is 12.6 Å². The molecule has 1 atom stereocenters. The molecule has 0 unspecified atom stereocenters. The first-order chi connectivity index (χ1) is 14.5. The Kier molecular flexibility index (Phi) is 5.10. The number of carbonyl (C=O) groups is 2. The maximum atomic E-state index is 14.7. The van der Waals surface area contributed by atoms with Gasteiger partial charge in [0, 0.05) is 11.1 Å². The summed E-state index contributed by atoms with van der Waals surface area (Å²) in [5.74, 6) is -1.70. The molecule has 152 valence electrons. The first kappa shape index (κ1) is 19.4. The van der Waals surface area contributed by atoms with Gasteiger partial charge in [0.15, 0.2) is 0 Å². The van der Waals surface area contributed by atoms with E-state index in [9.17, 15) is 19.1 Å². The number of halogens is 1. The van der Waals surface area contributed by atoms with E-state index in [-0.39, 0.29) is 23.4 Å². The Labute approximate surface area is 171 Å². The van der Waals surface area contributed by atoms with Gasteiger partial charge >= 0.3 is 0 Å². The third-order valence-corrected chi connectivity index (χ3v) is 5.01. The quantitative estimate of drug-likeness (QED) is 0.392. The van der Waals surface area contributed by atoms with Crippen LogP contribution in [0.1, 0.15) is 22.9 Å². The normalized spacial score (nSPS) is 18.1. The van der Waals surface area contributed by atoms with Crippen molar-refractivity contribution >= 4 is 17.4 Å². The van der Waals surface area contributed by atoms with Gasteiger partial charge in [0.25, 0.3) is 11.7 Å². The molecule has 30 heavy (non-hydrogen) atoms. The van der Waals surface area contributed by atoms with Crippen molar-refractivity contribution < 1.29 is 28.2 Å². The van der Waals surface area contributed by atoms with E-state index >= 15 is 0 Å². The third-order valence-electron chi connectivity index (χ3n) is 5.01. The zero-order valence-electron chi connectivity index (χ0n) is 16.0. The predicted molar refractivity (Wildman–Crippen MR) is 106 cm³/mol. The van der Waals surface area contributed by atoms with E-state index in [4.69, 9.17) is 9.15 Å². The average Bonchev–Trinajstić information content (AvgIpc) is 3.36. The summed E-state index contributed by atoms with van der Waals surface area (Å²) >= 11 is 0. The fourth-order valence-electron chi connectivity index (χ4n) is 3.54. The van der Waals surface area contributed by atoms with Crippen molar-refractivity contribution in [3.05, 3.63) is 95.2 Å². The second-order valence-corrected chi connectivity index (χ2v) is 6.76. The number of hydrogen-bond acceptors (Lipinski definition) is 5. The first-order valence-corrected chi connectivity index (χ1v) is 9.21. The highest BCUT2D eigenvalue weighted by atomic mass is 19.1. The van der Waals surface area contributed by atoms with Crippen molar-refractivity contribution in [2.75, 3.05) is 7.11 Å². The lowest BCUT2D eigenvalue weighted by molar-refractivity contribution is -0.140. The van der Waals surface area contributed by atoms with Gasteiger partial charge in [-0.05, 0) is 42.5 Å². The van der Waals surface area contributed by atoms with Crippen LogP contribution in [0.2, 0.25) is 0 Å². The van der Waals surface area contributed by atoms with Crippen molar-refractivity contribution in [2.24, 2.45) is 0 Å². The number of hydrogen-bond donors (Lipinski definition) is 1. The van der Waals surface area contributed by atoms with Crippen LogP contribution in [0, 0.1) is 5.82 Å². The highest BCUT2D eigenvalue weighted by Crippen LogP contribution is 2.41. The summed E-state index contributed by atoms with van der Waals surface area (Å²) in [6.45, 7) is -0.0457. The number of rotatable bonds is 5. The minimum atomic E-state index is -1.10. The average molecular weight is 407 g/mol. The molecule has 4 rings (SSSR count). The van der Waals surface area contributed by atoms with E-state index in [0.29, 0.717) is 17.1 Å². The summed E-state index contributed by atoms with van der Waals surface area (Å²) < 4.78 is 25.1. The lowest BCUT2D eigenvalue weighted by Crippen LogP contribution is -2.29. The SMILES string of the molecule is COc1ccc(C(O)=C2C(=O)C(=O)N(Cc3ccco3)[C@H]2c2ccccc2F)cc1. The van der Waals surface area contributed by atoms with Gasteiger partial charge in [0.2, 0.25) is 0 Å². The third kappa shape index (κ3) is 3.34. The Hall–Kier alpha value is -3.87. The lowest BCUT2D eigenvalue weighted by Gasteiger charge is -2.24.